The topological polar surface area (TPSA) is 68.0 Å². The molecule has 0 bridgehead atoms. The number of likely N-dealkylation sites (tertiary alicyclic amines) is 1. The van der Waals surface area contributed by atoms with Crippen LogP contribution in [0, 0.1) is 12.3 Å². The van der Waals surface area contributed by atoms with Gasteiger partial charge in [0.05, 0.1) is 18.4 Å². The van der Waals surface area contributed by atoms with Gasteiger partial charge < -0.3 is 18.9 Å². The number of aromatic nitrogens is 1. The van der Waals surface area contributed by atoms with Crippen molar-refractivity contribution in [3.63, 3.8) is 0 Å². The third kappa shape index (κ3) is 4.40. The Kier molecular flexibility index (Phi) is 5.76. The maximum Gasteiger partial charge on any atom is 0.248 e. The van der Waals surface area contributed by atoms with Crippen LogP contribution in [0.15, 0.2) is 10.6 Å². The van der Waals surface area contributed by atoms with Gasteiger partial charge in [0.25, 0.3) is 0 Å². The predicted molar refractivity (Wildman–Crippen MR) is 92.1 cm³/mol. The molecule has 25 heavy (non-hydrogen) atoms. The van der Waals surface area contributed by atoms with Gasteiger partial charge in [0.2, 0.25) is 5.91 Å². The molecule has 1 aromatic rings. The molecule has 1 aromatic heterocycles. The van der Waals surface area contributed by atoms with Gasteiger partial charge in [-0.15, -0.1) is 0 Å². The minimum atomic E-state index is -0.0398. The molecule has 2 fully saturated rings. The summed E-state index contributed by atoms with van der Waals surface area (Å²) in [5, 5.41) is 4.11. The monoisotopic (exact) mass is 351 g/mol. The van der Waals surface area contributed by atoms with E-state index in [2.05, 4.69) is 10.1 Å². The second-order valence-electron chi connectivity index (χ2n) is 7.53. The van der Waals surface area contributed by atoms with E-state index in [0.29, 0.717) is 6.61 Å². The van der Waals surface area contributed by atoms with Gasteiger partial charge in [0, 0.05) is 51.8 Å². The van der Waals surface area contributed by atoms with Gasteiger partial charge in [-0.1, -0.05) is 5.16 Å². The van der Waals surface area contributed by atoms with Gasteiger partial charge in [-0.3, -0.25) is 9.69 Å². The number of aryl methyl sites for hydroxylation is 1. The highest BCUT2D eigenvalue weighted by molar-refractivity contribution is 5.76. The highest BCUT2D eigenvalue weighted by Crippen LogP contribution is 2.40. The van der Waals surface area contributed by atoms with Crippen LogP contribution in [0.3, 0.4) is 0 Å². The predicted octanol–water partition coefficient (Wildman–Crippen LogP) is 1.46. The Bertz CT molecular complexity index is 589. The Morgan fingerprint density at radius 1 is 1.52 bits per heavy atom. The number of piperidine rings is 1. The van der Waals surface area contributed by atoms with Crippen molar-refractivity contribution in [1.29, 1.82) is 0 Å². The SMILES string of the molecule is Cc1cc(CN2CCC3OCCCC3(COCC(=O)N(C)C)C2)no1. The third-order valence-corrected chi connectivity index (χ3v) is 5.24. The van der Waals surface area contributed by atoms with Crippen molar-refractivity contribution >= 4 is 5.91 Å². The summed E-state index contributed by atoms with van der Waals surface area (Å²) in [7, 11) is 3.50. The van der Waals surface area contributed by atoms with Gasteiger partial charge in [-0.2, -0.15) is 0 Å². The van der Waals surface area contributed by atoms with Crippen LogP contribution in [0.25, 0.3) is 0 Å². The largest absolute Gasteiger partial charge is 0.377 e. The molecule has 1 amide bonds. The molecule has 2 aliphatic heterocycles. The Hall–Kier alpha value is -1.44. The van der Waals surface area contributed by atoms with Crippen LogP contribution in [0.4, 0.5) is 0 Å². The number of rotatable bonds is 6. The zero-order valence-corrected chi connectivity index (χ0v) is 15.5. The highest BCUT2D eigenvalue weighted by atomic mass is 16.5. The lowest BCUT2D eigenvalue weighted by Crippen LogP contribution is -2.56. The summed E-state index contributed by atoms with van der Waals surface area (Å²) in [6.45, 7) is 6.09. The molecule has 2 saturated heterocycles. The van der Waals surface area contributed by atoms with Gasteiger partial charge in [-0.05, 0) is 26.2 Å². The molecule has 2 unspecified atom stereocenters. The van der Waals surface area contributed by atoms with E-state index >= 15 is 0 Å². The fourth-order valence-corrected chi connectivity index (χ4v) is 3.92. The molecule has 0 spiro atoms. The fourth-order valence-electron chi connectivity index (χ4n) is 3.92. The first kappa shape index (κ1) is 18.4. The number of fused-ring (bicyclic) bond motifs is 1. The number of carbonyl (C=O) groups excluding carboxylic acids is 1. The lowest BCUT2D eigenvalue weighted by atomic mass is 9.73. The molecule has 140 valence electrons. The van der Waals surface area contributed by atoms with E-state index < -0.39 is 0 Å². The van der Waals surface area contributed by atoms with Gasteiger partial charge >= 0.3 is 0 Å². The molecule has 7 heteroatoms. The van der Waals surface area contributed by atoms with Gasteiger partial charge in [0.15, 0.2) is 0 Å². The number of likely N-dealkylation sites (N-methyl/N-ethyl adjacent to an activating group) is 1. The number of amides is 1. The summed E-state index contributed by atoms with van der Waals surface area (Å²) in [5.41, 5.74) is 0.925. The fraction of sp³-hybridized carbons (Fsp3) is 0.778. The van der Waals surface area contributed by atoms with E-state index in [1.165, 1.54) is 0 Å². The minimum Gasteiger partial charge on any atom is -0.377 e. The van der Waals surface area contributed by atoms with Crippen molar-refractivity contribution in [2.75, 3.05) is 47.0 Å². The normalized spacial score (nSPS) is 27.1. The molecule has 0 aromatic carbocycles. The van der Waals surface area contributed by atoms with E-state index in [4.69, 9.17) is 14.0 Å². The van der Waals surface area contributed by atoms with Crippen molar-refractivity contribution < 1.29 is 18.8 Å². The van der Waals surface area contributed by atoms with E-state index in [0.717, 1.165) is 57.0 Å². The van der Waals surface area contributed by atoms with E-state index in [9.17, 15) is 4.79 Å². The van der Waals surface area contributed by atoms with Crippen LogP contribution < -0.4 is 0 Å². The average molecular weight is 351 g/mol. The standard InChI is InChI=1S/C18H29N3O4/c1-14-9-15(19-25-14)10-21-7-5-16-18(12-21,6-4-8-24-16)13-23-11-17(22)20(2)3/h9,16H,4-8,10-13H2,1-3H3. The van der Waals surface area contributed by atoms with Crippen LogP contribution in [0.2, 0.25) is 0 Å². The first-order valence-corrected chi connectivity index (χ1v) is 9.02. The molecular formula is C18H29N3O4. The molecule has 2 atom stereocenters. The quantitative estimate of drug-likeness (QED) is 0.773. The summed E-state index contributed by atoms with van der Waals surface area (Å²) in [5.74, 6) is 0.835. The highest BCUT2D eigenvalue weighted by Gasteiger charge is 2.46. The van der Waals surface area contributed by atoms with E-state index in [1.54, 1.807) is 19.0 Å². The molecule has 7 nitrogen and oxygen atoms in total. The first-order chi connectivity index (χ1) is 12.0. The molecule has 0 N–H and O–H groups in total. The first-order valence-electron chi connectivity index (χ1n) is 9.02. The molecule has 0 saturated carbocycles. The van der Waals surface area contributed by atoms with Crippen molar-refractivity contribution in [3.8, 4) is 0 Å². The third-order valence-electron chi connectivity index (χ3n) is 5.24. The smallest absolute Gasteiger partial charge is 0.248 e. The molecule has 3 heterocycles. The van der Waals surface area contributed by atoms with Crippen LogP contribution in [0.5, 0.6) is 0 Å². The molecular weight excluding hydrogens is 322 g/mol. The maximum absolute atomic E-state index is 11.8. The van der Waals surface area contributed by atoms with E-state index in [1.807, 2.05) is 13.0 Å². The molecule has 0 radical (unpaired) electrons. The zero-order chi connectivity index (χ0) is 17.9. The number of nitrogens with zero attached hydrogens (tertiary/aromatic N) is 3. The van der Waals surface area contributed by atoms with Crippen molar-refractivity contribution in [3.05, 3.63) is 17.5 Å². The van der Waals surface area contributed by atoms with Crippen molar-refractivity contribution in [2.24, 2.45) is 5.41 Å². The van der Waals surface area contributed by atoms with Crippen LogP contribution >= 0.6 is 0 Å². The minimum absolute atomic E-state index is 0.00424. The number of ether oxygens (including phenoxy) is 2. The lowest BCUT2D eigenvalue weighted by molar-refractivity contribution is -0.160. The Balaban J connectivity index is 1.62. The second-order valence-corrected chi connectivity index (χ2v) is 7.53. The van der Waals surface area contributed by atoms with Crippen LogP contribution in [-0.4, -0.2) is 74.0 Å². The maximum atomic E-state index is 11.8. The summed E-state index contributed by atoms with van der Waals surface area (Å²) in [6, 6.07) is 1.99. The average Bonchev–Trinajstić information content (AvgIpc) is 2.99. The van der Waals surface area contributed by atoms with E-state index in [-0.39, 0.29) is 24.0 Å². The van der Waals surface area contributed by atoms with Crippen LogP contribution in [0.1, 0.15) is 30.7 Å². The zero-order valence-electron chi connectivity index (χ0n) is 15.5. The number of hydrogen-bond acceptors (Lipinski definition) is 6. The molecule has 2 aliphatic rings. The number of carbonyl (C=O) groups is 1. The summed E-state index contributed by atoms with van der Waals surface area (Å²) in [6.07, 6.45) is 3.31. The summed E-state index contributed by atoms with van der Waals surface area (Å²) < 4.78 is 17.1. The number of hydrogen-bond donors (Lipinski definition) is 0. The van der Waals surface area contributed by atoms with Crippen LogP contribution in [-0.2, 0) is 20.8 Å². The molecule has 3 rings (SSSR count). The summed E-state index contributed by atoms with van der Waals surface area (Å²) >= 11 is 0. The van der Waals surface area contributed by atoms with Crippen molar-refractivity contribution in [2.45, 2.75) is 38.8 Å². The van der Waals surface area contributed by atoms with Gasteiger partial charge in [0.1, 0.15) is 12.4 Å². The van der Waals surface area contributed by atoms with Gasteiger partial charge in [-0.25, -0.2) is 0 Å². The Morgan fingerprint density at radius 3 is 3.08 bits per heavy atom. The Morgan fingerprint density at radius 2 is 2.36 bits per heavy atom. The summed E-state index contributed by atoms with van der Waals surface area (Å²) in [4.78, 5) is 15.8. The second kappa shape index (κ2) is 7.85. The Labute approximate surface area is 149 Å². The lowest BCUT2D eigenvalue weighted by Gasteiger charge is -2.50. The molecule has 0 aliphatic carbocycles. The van der Waals surface area contributed by atoms with Crippen molar-refractivity contribution in [1.82, 2.24) is 15.0 Å².